The molecule has 0 heterocycles. The second-order valence-electron chi connectivity index (χ2n) is 3.05. The first kappa shape index (κ1) is 11.4. The molecule has 5 nitrogen and oxygen atoms in total. The first-order valence-electron chi connectivity index (χ1n) is 4.12. The van der Waals surface area contributed by atoms with Crippen LogP contribution in [0.4, 0.5) is 5.69 Å². The van der Waals surface area contributed by atoms with Gasteiger partial charge in [0.2, 0.25) is 0 Å². The smallest absolute Gasteiger partial charge is 0.253 e. The van der Waals surface area contributed by atoms with Gasteiger partial charge in [0, 0.05) is 24.0 Å². The molecular weight excluding hydrogens is 216 g/mol. The Hall–Kier alpha value is -1.71. The second kappa shape index (κ2) is 4.68. The van der Waals surface area contributed by atoms with Crippen molar-refractivity contribution < 1.29 is 4.79 Å². The van der Waals surface area contributed by atoms with E-state index >= 15 is 0 Å². The Labute approximate surface area is 91.9 Å². The van der Waals surface area contributed by atoms with Crippen LogP contribution in [0.1, 0.15) is 10.4 Å². The Kier molecular flexibility index (Phi) is 3.55. The predicted molar refractivity (Wildman–Crippen MR) is 58.3 cm³/mol. The lowest BCUT2D eigenvalue weighted by Gasteiger charge is -2.12. The number of halogens is 1. The average molecular weight is 225 g/mol. The molecule has 15 heavy (non-hydrogen) atoms. The molecule has 0 unspecified atom stereocenters. The van der Waals surface area contributed by atoms with Crippen molar-refractivity contribution >= 4 is 23.2 Å². The van der Waals surface area contributed by atoms with Gasteiger partial charge in [-0.05, 0) is 17.7 Å². The Morgan fingerprint density at radius 1 is 1.53 bits per heavy atom. The normalized spacial score (nSPS) is 9.27. The summed E-state index contributed by atoms with van der Waals surface area (Å²) in [7, 11) is 3.23. The van der Waals surface area contributed by atoms with Crippen LogP contribution in [0, 0.1) is 0 Å². The van der Waals surface area contributed by atoms with Crippen LogP contribution in [0.25, 0.3) is 10.4 Å². The molecule has 6 heteroatoms. The fraction of sp³-hybridized carbons (Fsp3) is 0.222. The van der Waals surface area contributed by atoms with E-state index in [1.54, 1.807) is 20.2 Å². The summed E-state index contributed by atoms with van der Waals surface area (Å²) < 4.78 is 0. The maximum absolute atomic E-state index is 11.7. The highest BCUT2D eigenvalue weighted by Crippen LogP contribution is 2.24. The number of rotatable bonds is 2. The summed E-state index contributed by atoms with van der Waals surface area (Å²) in [6.45, 7) is 0. The van der Waals surface area contributed by atoms with Crippen molar-refractivity contribution in [2.75, 3.05) is 14.1 Å². The van der Waals surface area contributed by atoms with E-state index in [-0.39, 0.29) is 11.6 Å². The molecule has 0 bridgehead atoms. The first-order chi connectivity index (χ1) is 7.06. The monoisotopic (exact) mass is 224 g/mol. The molecule has 0 saturated carbocycles. The lowest BCUT2D eigenvalue weighted by molar-refractivity contribution is 0.0828. The maximum Gasteiger partial charge on any atom is 0.253 e. The molecule has 1 rings (SSSR count). The van der Waals surface area contributed by atoms with Crippen LogP contribution in [0.15, 0.2) is 23.3 Å². The highest BCUT2D eigenvalue weighted by atomic mass is 35.5. The van der Waals surface area contributed by atoms with Gasteiger partial charge in [-0.2, -0.15) is 0 Å². The van der Waals surface area contributed by atoms with E-state index in [9.17, 15) is 4.79 Å². The second-order valence-corrected chi connectivity index (χ2v) is 3.49. The van der Waals surface area contributed by atoms with Crippen molar-refractivity contribution in [3.05, 3.63) is 39.2 Å². The van der Waals surface area contributed by atoms with Crippen LogP contribution in [0.2, 0.25) is 5.02 Å². The van der Waals surface area contributed by atoms with Gasteiger partial charge >= 0.3 is 0 Å². The Balaban J connectivity index is 3.30. The lowest BCUT2D eigenvalue weighted by Crippen LogP contribution is -2.21. The minimum absolute atomic E-state index is 0.250. The van der Waals surface area contributed by atoms with Crippen LogP contribution in [-0.4, -0.2) is 24.9 Å². The molecule has 1 aromatic carbocycles. The minimum atomic E-state index is -0.250. The van der Waals surface area contributed by atoms with Gasteiger partial charge in [0.25, 0.3) is 5.91 Å². The Bertz CT molecular complexity index is 438. The number of carbonyl (C=O) groups is 1. The van der Waals surface area contributed by atoms with Gasteiger partial charge < -0.3 is 4.90 Å². The molecule has 0 aliphatic heterocycles. The van der Waals surface area contributed by atoms with E-state index in [4.69, 9.17) is 17.1 Å². The van der Waals surface area contributed by atoms with Crippen LogP contribution in [-0.2, 0) is 0 Å². The van der Waals surface area contributed by atoms with Crippen LogP contribution >= 0.6 is 11.6 Å². The molecule has 0 spiro atoms. The first-order valence-corrected chi connectivity index (χ1v) is 4.50. The van der Waals surface area contributed by atoms with Crippen molar-refractivity contribution in [2.24, 2.45) is 5.11 Å². The Morgan fingerprint density at radius 3 is 2.73 bits per heavy atom. The van der Waals surface area contributed by atoms with E-state index < -0.39 is 0 Å². The quantitative estimate of drug-likeness (QED) is 0.433. The third kappa shape index (κ3) is 2.62. The van der Waals surface area contributed by atoms with Gasteiger partial charge in [0.05, 0.1) is 11.3 Å². The number of nitrogens with zero attached hydrogens (tertiary/aromatic N) is 4. The average Bonchev–Trinajstić information content (AvgIpc) is 2.20. The van der Waals surface area contributed by atoms with Gasteiger partial charge in [0.15, 0.2) is 0 Å². The van der Waals surface area contributed by atoms with Crippen LogP contribution < -0.4 is 0 Å². The van der Waals surface area contributed by atoms with Crippen LogP contribution in [0.5, 0.6) is 0 Å². The molecule has 0 radical (unpaired) electrons. The van der Waals surface area contributed by atoms with Gasteiger partial charge in [-0.3, -0.25) is 4.79 Å². The summed E-state index contributed by atoms with van der Waals surface area (Å²) in [6, 6.07) is 4.56. The van der Waals surface area contributed by atoms with Crippen molar-refractivity contribution in [1.29, 1.82) is 0 Å². The summed E-state index contributed by atoms with van der Waals surface area (Å²) >= 11 is 5.76. The highest BCUT2D eigenvalue weighted by Gasteiger charge is 2.12. The number of carbonyl (C=O) groups excluding carboxylic acids is 1. The van der Waals surface area contributed by atoms with Gasteiger partial charge in [0.1, 0.15) is 0 Å². The fourth-order valence-electron chi connectivity index (χ4n) is 1.06. The van der Waals surface area contributed by atoms with Gasteiger partial charge in [-0.1, -0.05) is 22.8 Å². The number of amides is 1. The van der Waals surface area contributed by atoms with E-state index in [2.05, 4.69) is 10.0 Å². The molecule has 0 aliphatic carbocycles. The predicted octanol–water partition coefficient (Wildman–Crippen LogP) is 2.98. The summed E-state index contributed by atoms with van der Waals surface area (Å²) in [5.41, 5.74) is 8.91. The highest BCUT2D eigenvalue weighted by molar-refractivity contribution is 6.31. The molecule has 1 aromatic rings. The third-order valence-electron chi connectivity index (χ3n) is 1.75. The van der Waals surface area contributed by atoms with E-state index in [1.165, 1.54) is 17.0 Å². The molecule has 0 aromatic heterocycles. The summed E-state index contributed by atoms with van der Waals surface area (Å²) in [5.74, 6) is -0.250. The summed E-state index contributed by atoms with van der Waals surface area (Å²) in [5, 5.41) is 3.85. The van der Waals surface area contributed by atoms with Gasteiger partial charge in [-0.15, -0.1) is 0 Å². The van der Waals surface area contributed by atoms with Gasteiger partial charge in [-0.25, -0.2) is 0 Å². The molecule has 0 fully saturated rings. The van der Waals surface area contributed by atoms with Crippen molar-refractivity contribution in [1.82, 2.24) is 4.90 Å². The topological polar surface area (TPSA) is 69.1 Å². The van der Waals surface area contributed by atoms with E-state index in [0.717, 1.165) is 0 Å². The Morgan fingerprint density at radius 2 is 2.20 bits per heavy atom. The molecule has 0 saturated heterocycles. The van der Waals surface area contributed by atoms with Crippen molar-refractivity contribution in [2.45, 2.75) is 0 Å². The van der Waals surface area contributed by atoms with E-state index in [1.807, 2.05) is 0 Å². The number of hydrogen-bond donors (Lipinski definition) is 0. The third-order valence-corrected chi connectivity index (χ3v) is 1.98. The number of hydrogen-bond acceptors (Lipinski definition) is 2. The molecule has 78 valence electrons. The zero-order valence-corrected chi connectivity index (χ0v) is 9.06. The number of benzene rings is 1. The number of azide groups is 1. The minimum Gasteiger partial charge on any atom is -0.345 e. The van der Waals surface area contributed by atoms with E-state index in [0.29, 0.717) is 10.6 Å². The SMILES string of the molecule is CN(C)C(=O)c1cc(Cl)ccc1N=[N+]=[N-]. The maximum atomic E-state index is 11.7. The molecule has 0 N–H and O–H groups in total. The standard InChI is InChI=1S/C9H9ClN4O/c1-14(2)9(15)7-5-6(10)3-4-8(7)12-13-11/h3-5H,1-2H3. The lowest BCUT2D eigenvalue weighted by atomic mass is 10.1. The molecule has 0 atom stereocenters. The summed E-state index contributed by atoms with van der Waals surface area (Å²) in [4.78, 5) is 15.7. The van der Waals surface area contributed by atoms with Crippen molar-refractivity contribution in [3.63, 3.8) is 0 Å². The zero-order chi connectivity index (χ0) is 11.4. The molecule has 1 amide bonds. The fourth-order valence-corrected chi connectivity index (χ4v) is 1.23. The van der Waals surface area contributed by atoms with Crippen LogP contribution in [0.3, 0.4) is 0 Å². The molecular formula is C9H9ClN4O. The summed E-state index contributed by atoms with van der Waals surface area (Å²) in [6.07, 6.45) is 0. The zero-order valence-electron chi connectivity index (χ0n) is 8.31. The largest absolute Gasteiger partial charge is 0.345 e. The van der Waals surface area contributed by atoms with Crippen molar-refractivity contribution in [3.8, 4) is 0 Å². The molecule has 0 aliphatic rings.